The van der Waals surface area contributed by atoms with Crippen molar-refractivity contribution in [2.24, 2.45) is 5.73 Å². The molecule has 0 saturated heterocycles. The normalized spacial score (nSPS) is 25.8. The first-order chi connectivity index (χ1) is 8.19. The Kier molecular flexibility index (Phi) is 2.51. The van der Waals surface area contributed by atoms with Crippen molar-refractivity contribution in [1.82, 2.24) is 10.1 Å². The molecule has 1 aromatic rings. The van der Waals surface area contributed by atoms with Crippen molar-refractivity contribution in [3.63, 3.8) is 0 Å². The number of rotatable bonds is 3. The molecule has 2 saturated carbocycles. The van der Waals surface area contributed by atoms with Gasteiger partial charge in [-0.15, -0.1) is 0 Å². The van der Waals surface area contributed by atoms with E-state index in [-0.39, 0.29) is 11.0 Å². The molecule has 2 aliphatic carbocycles. The Hall–Kier alpha value is -0.900. The van der Waals surface area contributed by atoms with E-state index in [9.17, 15) is 0 Å². The molecule has 4 nitrogen and oxygen atoms in total. The predicted octanol–water partition coefficient (Wildman–Crippen LogP) is 2.63. The van der Waals surface area contributed by atoms with Gasteiger partial charge in [-0.3, -0.25) is 0 Å². The first-order valence-corrected chi connectivity index (χ1v) is 6.82. The SMILES string of the molecule is CCC1(c2nc(C3(N)CCCC3)no2)CCC1. The second-order valence-corrected chi connectivity index (χ2v) is 5.77. The lowest BCUT2D eigenvalue weighted by molar-refractivity contribution is 0.167. The van der Waals surface area contributed by atoms with Gasteiger partial charge in [-0.05, 0) is 32.1 Å². The maximum atomic E-state index is 6.35. The van der Waals surface area contributed by atoms with Crippen LogP contribution in [0.4, 0.5) is 0 Å². The summed E-state index contributed by atoms with van der Waals surface area (Å²) in [7, 11) is 0. The van der Waals surface area contributed by atoms with Gasteiger partial charge in [0.25, 0.3) is 0 Å². The topological polar surface area (TPSA) is 64.9 Å². The average Bonchev–Trinajstić information content (AvgIpc) is 2.87. The van der Waals surface area contributed by atoms with Gasteiger partial charge in [-0.25, -0.2) is 0 Å². The van der Waals surface area contributed by atoms with E-state index in [4.69, 9.17) is 10.3 Å². The minimum atomic E-state index is -0.319. The summed E-state index contributed by atoms with van der Waals surface area (Å²) in [5, 5.41) is 4.15. The van der Waals surface area contributed by atoms with Crippen molar-refractivity contribution in [1.29, 1.82) is 0 Å². The van der Waals surface area contributed by atoms with Gasteiger partial charge in [0.15, 0.2) is 5.82 Å². The molecule has 0 radical (unpaired) electrons. The number of nitrogens with zero attached hydrogens (tertiary/aromatic N) is 2. The summed E-state index contributed by atoms with van der Waals surface area (Å²) in [5.74, 6) is 1.57. The van der Waals surface area contributed by atoms with Crippen molar-refractivity contribution in [3.05, 3.63) is 11.7 Å². The Morgan fingerprint density at radius 3 is 2.41 bits per heavy atom. The molecule has 0 unspecified atom stereocenters. The standard InChI is InChI=1S/C13H21N3O/c1-2-12(6-5-7-12)11-15-10(16-17-11)13(14)8-3-4-9-13/h2-9,14H2,1H3. The number of hydrogen-bond donors (Lipinski definition) is 1. The summed E-state index contributed by atoms with van der Waals surface area (Å²) in [6.07, 6.45) is 9.08. The Labute approximate surface area is 102 Å². The van der Waals surface area contributed by atoms with Gasteiger partial charge in [-0.2, -0.15) is 4.98 Å². The van der Waals surface area contributed by atoms with E-state index in [2.05, 4.69) is 17.1 Å². The maximum Gasteiger partial charge on any atom is 0.232 e. The molecule has 1 heterocycles. The molecule has 0 aliphatic heterocycles. The van der Waals surface area contributed by atoms with E-state index in [0.29, 0.717) is 0 Å². The van der Waals surface area contributed by atoms with Crippen LogP contribution in [0.2, 0.25) is 0 Å². The van der Waals surface area contributed by atoms with Crippen LogP contribution in [0.15, 0.2) is 4.52 Å². The van der Waals surface area contributed by atoms with Gasteiger partial charge in [0, 0.05) is 5.41 Å². The zero-order valence-electron chi connectivity index (χ0n) is 10.5. The molecule has 4 heteroatoms. The molecular formula is C13H21N3O. The average molecular weight is 235 g/mol. The minimum absolute atomic E-state index is 0.167. The molecule has 94 valence electrons. The number of aromatic nitrogens is 2. The van der Waals surface area contributed by atoms with Gasteiger partial charge < -0.3 is 10.3 Å². The third kappa shape index (κ3) is 1.61. The highest BCUT2D eigenvalue weighted by Gasteiger charge is 2.44. The van der Waals surface area contributed by atoms with Crippen LogP contribution in [-0.4, -0.2) is 10.1 Å². The Morgan fingerprint density at radius 1 is 1.18 bits per heavy atom. The van der Waals surface area contributed by atoms with Crippen LogP contribution in [0.3, 0.4) is 0 Å². The third-order valence-electron chi connectivity index (χ3n) is 4.81. The van der Waals surface area contributed by atoms with E-state index < -0.39 is 0 Å². The van der Waals surface area contributed by atoms with Gasteiger partial charge >= 0.3 is 0 Å². The summed E-state index contributed by atoms with van der Waals surface area (Å²) in [4.78, 5) is 4.63. The third-order valence-corrected chi connectivity index (χ3v) is 4.81. The second kappa shape index (κ2) is 3.80. The molecule has 2 N–H and O–H groups in total. The fraction of sp³-hybridized carbons (Fsp3) is 0.846. The van der Waals surface area contributed by atoms with Crippen molar-refractivity contribution < 1.29 is 4.52 Å². The molecule has 1 aromatic heterocycles. The molecule has 0 atom stereocenters. The zero-order valence-corrected chi connectivity index (χ0v) is 10.5. The molecule has 17 heavy (non-hydrogen) atoms. The van der Waals surface area contributed by atoms with Crippen LogP contribution in [0, 0.1) is 0 Å². The molecule has 0 aromatic carbocycles. The van der Waals surface area contributed by atoms with Gasteiger partial charge in [0.05, 0.1) is 5.54 Å². The Morgan fingerprint density at radius 2 is 1.88 bits per heavy atom. The first kappa shape index (κ1) is 11.2. The van der Waals surface area contributed by atoms with Crippen molar-refractivity contribution in [2.75, 3.05) is 0 Å². The fourth-order valence-corrected chi connectivity index (χ4v) is 3.19. The summed E-state index contributed by atoms with van der Waals surface area (Å²) in [5.41, 5.74) is 6.20. The van der Waals surface area contributed by atoms with Crippen LogP contribution in [0.1, 0.15) is 70.0 Å². The van der Waals surface area contributed by atoms with E-state index in [1.807, 2.05) is 0 Å². The van der Waals surface area contributed by atoms with E-state index in [1.54, 1.807) is 0 Å². The molecule has 2 aliphatic rings. The molecule has 3 rings (SSSR count). The van der Waals surface area contributed by atoms with Crippen molar-refractivity contribution >= 4 is 0 Å². The smallest absolute Gasteiger partial charge is 0.232 e. The highest BCUT2D eigenvalue weighted by molar-refractivity contribution is 5.14. The second-order valence-electron chi connectivity index (χ2n) is 5.77. The summed E-state index contributed by atoms with van der Waals surface area (Å²) < 4.78 is 5.50. The molecule has 0 bridgehead atoms. The Bertz CT molecular complexity index is 381. The monoisotopic (exact) mass is 235 g/mol. The fourth-order valence-electron chi connectivity index (χ4n) is 3.19. The summed E-state index contributed by atoms with van der Waals surface area (Å²) in [6.45, 7) is 2.21. The van der Waals surface area contributed by atoms with Crippen molar-refractivity contribution in [3.8, 4) is 0 Å². The minimum Gasteiger partial charge on any atom is -0.339 e. The van der Waals surface area contributed by atoms with Crippen LogP contribution in [-0.2, 0) is 11.0 Å². The predicted molar refractivity (Wildman–Crippen MR) is 64.5 cm³/mol. The lowest BCUT2D eigenvalue weighted by Crippen LogP contribution is -2.36. The Balaban J connectivity index is 1.87. The number of nitrogens with two attached hydrogens (primary N) is 1. The lowest BCUT2D eigenvalue weighted by Gasteiger charge is -2.37. The van der Waals surface area contributed by atoms with Gasteiger partial charge in [0.2, 0.25) is 5.89 Å². The van der Waals surface area contributed by atoms with Crippen LogP contribution in [0.25, 0.3) is 0 Å². The molecule has 0 amide bonds. The van der Waals surface area contributed by atoms with E-state index in [0.717, 1.165) is 31.0 Å². The highest BCUT2D eigenvalue weighted by atomic mass is 16.5. The van der Waals surface area contributed by atoms with E-state index in [1.165, 1.54) is 32.1 Å². The quantitative estimate of drug-likeness (QED) is 0.874. The zero-order chi connectivity index (χ0) is 11.9. The van der Waals surface area contributed by atoms with Gasteiger partial charge in [0.1, 0.15) is 0 Å². The summed E-state index contributed by atoms with van der Waals surface area (Å²) >= 11 is 0. The maximum absolute atomic E-state index is 6.35. The lowest BCUT2D eigenvalue weighted by atomic mass is 9.67. The van der Waals surface area contributed by atoms with E-state index >= 15 is 0 Å². The molecule has 0 spiro atoms. The van der Waals surface area contributed by atoms with Crippen LogP contribution >= 0.6 is 0 Å². The van der Waals surface area contributed by atoms with Gasteiger partial charge in [-0.1, -0.05) is 31.3 Å². The largest absolute Gasteiger partial charge is 0.339 e. The molecule has 2 fully saturated rings. The van der Waals surface area contributed by atoms with Crippen LogP contribution in [0.5, 0.6) is 0 Å². The highest BCUT2D eigenvalue weighted by Crippen LogP contribution is 2.46. The van der Waals surface area contributed by atoms with Crippen molar-refractivity contribution in [2.45, 2.75) is 69.2 Å². The first-order valence-electron chi connectivity index (χ1n) is 6.82. The summed E-state index contributed by atoms with van der Waals surface area (Å²) in [6, 6.07) is 0. The number of hydrogen-bond acceptors (Lipinski definition) is 4. The van der Waals surface area contributed by atoms with Crippen LogP contribution < -0.4 is 5.73 Å². The molecular weight excluding hydrogens is 214 g/mol.